The fourth-order valence-electron chi connectivity index (χ4n) is 1.35. The Kier molecular flexibility index (Phi) is 5.22. The van der Waals surface area contributed by atoms with Gasteiger partial charge in [0.25, 0.3) is 10.2 Å². The summed E-state index contributed by atoms with van der Waals surface area (Å²) in [6.45, 7) is 0.330. The fraction of sp³-hybridized carbons (Fsp3) is 0.455. The van der Waals surface area contributed by atoms with Gasteiger partial charge in [-0.25, -0.2) is 0 Å². The predicted molar refractivity (Wildman–Crippen MR) is 67.5 cm³/mol. The van der Waals surface area contributed by atoms with Crippen molar-refractivity contribution in [2.45, 2.75) is 13.0 Å². The molecule has 0 saturated carbocycles. The third-order valence-corrected chi connectivity index (χ3v) is 4.21. The van der Waals surface area contributed by atoms with Crippen LogP contribution in [-0.2, 0) is 16.8 Å². The summed E-state index contributed by atoms with van der Waals surface area (Å²) in [4.78, 5) is 4.09. The van der Waals surface area contributed by atoms with Gasteiger partial charge in [0.05, 0.1) is 18.3 Å². The van der Waals surface area contributed by atoms with E-state index in [1.54, 1.807) is 24.4 Å². The topological polar surface area (TPSA) is 77.3 Å². The number of rotatable bonds is 6. The molecule has 1 aromatic rings. The highest BCUT2D eigenvalue weighted by atomic mass is 32.2. The van der Waals surface area contributed by atoms with E-state index in [0.29, 0.717) is 5.69 Å². The van der Waals surface area contributed by atoms with Gasteiger partial charge in [-0.1, -0.05) is 6.07 Å². The van der Waals surface area contributed by atoms with Crippen molar-refractivity contribution in [1.82, 2.24) is 13.6 Å². The van der Waals surface area contributed by atoms with Crippen LogP contribution in [0.25, 0.3) is 0 Å². The third kappa shape index (κ3) is 3.77. The number of nitriles is 1. The van der Waals surface area contributed by atoms with Crippen LogP contribution in [0.15, 0.2) is 24.4 Å². The first-order chi connectivity index (χ1) is 8.48. The second-order valence-electron chi connectivity index (χ2n) is 3.85. The van der Waals surface area contributed by atoms with Gasteiger partial charge >= 0.3 is 0 Å². The van der Waals surface area contributed by atoms with E-state index in [2.05, 4.69) is 4.98 Å². The molecule has 0 radical (unpaired) electrons. The number of pyridine rings is 1. The Bertz CT molecular complexity index is 508. The normalized spacial score (nSPS) is 11.7. The van der Waals surface area contributed by atoms with Gasteiger partial charge in [-0.15, -0.1) is 0 Å². The van der Waals surface area contributed by atoms with Gasteiger partial charge in [-0.3, -0.25) is 4.98 Å². The van der Waals surface area contributed by atoms with E-state index in [0.717, 1.165) is 4.31 Å². The molecule has 0 aliphatic rings. The molecule has 1 rings (SSSR count). The van der Waals surface area contributed by atoms with Crippen LogP contribution in [0.4, 0.5) is 0 Å². The minimum absolute atomic E-state index is 0.153. The first kappa shape index (κ1) is 14.6. The number of aromatic nitrogens is 1. The Balaban J connectivity index is 2.90. The van der Waals surface area contributed by atoms with Gasteiger partial charge in [-0.05, 0) is 12.1 Å². The molecular formula is C11H16N4O2S. The standard InChI is InChI=1S/C11H16N4O2S/c1-14(2)18(16,17)15(9-5-7-12)10-11-6-3-4-8-13-11/h3-4,6,8H,5,9-10H2,1-2H3. The zero-order valence-electron chi connectivity index (χ0n) is 10.4. The van der Waals surface area contributed by atoms with Gasteiger partial charge in [0.1, 0.15) is 0 Å². The molecule has 0 fully saturated rings. The fourth-order valence-corrected chi connectivity index (χ4v) is 2.43. The van der Waals surface area contributed by atoms with E-state index >= 15 is 0 Å². The van der Waals surface area contributed by atoms with Crippen LogP contribution in [0, 0.1) is 11.3 Å². The Morgan fingerprint density at radius 2 is 2.11 bits per heavy atom. The van der Waals surface area contributed by atoms with Gasteiger partial charge in [0.2, 0.25) is 0 Å². The van der Waals surface area contributed by atoms with Gasteiger partial charge in [0, 0.05) is 33.3 Å². The maximum atomic E-state index is 12.1. The highest BCUT2D eigenvalue weighted by Crippen LogP contribution is 2.10. The van der Waals surface area contributed by atoms with Crippen molar-refractivity contribution in [3.63, 3.8) is 0 Å². The summed E-state index contributed by atoms with van der Waals surface area (Å²) in [5.74, 6) is 0. The number of hydrogen-bond donors (Lipinski definition) is 0. The monoisotopic (exact) mass is 268 g/mol. The van der Waals surface area contributed by atoms with Crippen molar-refractivity contribution in [2.24, 2.45) is 0 Å². The average Bonchev–Trinajstić information content (AvgIpc) is 2.35. The van der Waals surface area contributed by atoms with E-state index in [1.165, 1.54) is 18.4 Å². The molecule has 0 bridgehead atoms. The quantitative estimate of drug-likeness (QED) is 0.757. The first-order valence-electron chi connectivity index (χ1n) is 5.43. The lowest BCUT2D eigenvalue weighted by atomic mass is 10.3. The molecule has 98 valence electrons. The Morgan fingerprint density at radius 3 is 2.61 bits per heavy atom. The van der Waals surface area contributed by atoms with Crippen molar-refractivity contribution in [2.75, 3.05) is 20.6 Å². The largest absolute Gasteiger partial charge is 0.281 e. The molecule has 18 heavy (non-hydrogen) atoms. The molecule has 1 aromatic heterocycles. The molecule has 0 aliphatic carbocycles. The summed E-state index contributed by atoms with van der Waals surface area (Å²) in [5, 5.41) is 8.58. The molecule has 0 aromatic carbocycles. The Labute approximate surface area is 108 Å². The molecule has 0 N–H and O–H groups in total. The van der Waals surface area contributed by atoms with E-state index in [-0.39, 0.29) is 19.5 Å². The predicted octanol–water partition coefficient (Wildman–Crippen LogP) is 0.604. The van der Waals surface area contributed by atoms with Gasteiger partial charge < -0.3 is 0 Å². The van der Waals surface area contributed by atoms with E-state index in [9.17, 15) is 8.42 Å². The maximum Gasteiger partial charge on any atom is 0.281 e. The maximum absolute atomic E-state index is 12.1. The van der Waals surface area contributed by atoms with Crippen molar-refractivity contribution in [3.05, 3.63) is 30.1 Å². The molecular weight excluding hydrogens is 252 g/mol. The second kappa shape index (κ2) is 6.44. The Morgan fingerprint density at radius 1 is 1.39 bits per heavy atom. The smallest absolute Gasteiger partial charge is 0.260 e. The SMILES string of the molecule is CN(C)S(=O)(=O)N(CCC#N)Cc1ccccn1. The summed E-state index contributed by atoms with van der Waals surface area (Å²) >= 11 is 0. The Hall–Kier alpha value is -1.49. The van der Waals surface area contributed by atoms with E-state index in [4.69, 9.17) is 5.26 Å². The minimum Gasteiger partial charge on any atom is -0.260 e. The molecule has 0 spiro atoms. The van der Waals surface area contributed by atoms with Crippen LogP contribution < -0.4 is 0 Å². The van der Waals surface area contributed by atoms with Crippen LogP contribution >= 0.6 is 0 Å². The van der Waals surface area contributed by atoms with Gasteiger partial charge in [-0.2, -0.15) is 22.3 Å². The van der Waals surface area contributed by atoms with Crippen molar-refractivity contribution in [3.8, 4) is 6.07 Å². The van der Waals surface area contributed by atoms with E-state index in [1.807, 2.05) is 6.07 Å². The highest BCUT2D eigenvalue weighted by molar-refractivity contribution is 7.86. The van der Waals surface area contributed by atoms with Crippen LogP contribution in [0.5, 0.6) is 0 Å². The summed E-state index contributed by atoms with van der Waals surface area (Å²) in [5.41, 5.74) is 0.654. The van der Waals surface area contributed by atoms with Crippen LogP contribution in [0.2, 0.25) is 0 Å². The number of hydrogen-bond acceptors (Lipinski definition) is 4. The molecule has 0 aliphatic heterocycles. The summed E-state index contributed by atoms with van der Waals surface area (Å²) in [7, 11) is -0.603. The molecule has 0 amide bonds. The third-order valence-electron chi connectivity index (χ3n) is 2.33. The lowest BCUT2D eigenvalue weighted by Crippen LogP contribution is -2.40. The highest BCUT2D eigenvalue weighted by Gasteiger charge is 2.24. The second-order valence-corrected chi connectivity index (χ2v) is 6.00. The van der Waals surface area contributed by atoms with Crippen molar-refractivity contribution < 1.29 is 8.42 Å². The molecule has 0 saturated heterocycles. The van der Waals surface area contributed by atoms with Crippen molar-refractivity contribution >= 4 is 10.2 Å². The van der Waals surface area contributed by atoms with Crippen molar-refractivity contribution in [1.29, 1.82) is 5.26 Å². The molecule has 0 unspecified atom stereocenters. The lowest BCUT2D eigenvalue weighted by Gasteiger charge is -2.24. The summed E-state index contributed by atoms with van der Waals surface area (Å²) < 4.78 is 26.5. The average molecular weight is 268 g/mol. The minimum atomic E-state index is -3.53. The zero-order chi connectivity index (χ0) is 13.6. The molecule has 7 heteroatoms. The summed E-state index contributed by atoms with van der Waals surface area (Å²) in [6.07, 6.45) is 1.76. The zero-order valence-corrected chi connectivity index (χ0v) is 11.3. The summed E-state index contributed by atoms with van der Waals surface area (Å²) in [6, 6.07) is 7.27. The van der Waals surface area contributed by atoms with E-state index < -0.39 is 10.2 Å². The molecule has 0 atom stereocenters. The molecule has 1 heterocycles. The first-order valence-corrected chi connectivity index (χ1v) is 6.82. The van der Waals surface area contributed by atoms with Crippen LogP contribution in [0.1, 0.15) is 12.1 Å². The number of nitrogens with zero attached hydrogens (tertiary/aromatic N) is 4. The van der Waals surface area contributed by atoms with Gasteiger partial charge in [0.15, 0.2) is 0 Å². The lowest BCUT2D eigenvalue weighted by molar-refractivity contribution is 0.372. The molecule has 6 nitrogen and oxygen atoms in total. The van der Waals surface area contributed by atoms with Crippen LogP contribution in [0.3, 0.4) is 0 Å². The van der Waals surface area contributed by atoms with Crippen LogP contribution in [-0.4, -0.2) is 42.7 Å².